The Bertz CT molecular complexity index is 344. The molecule has 1 fully saturated rings. The van der Waals surface area contributed by atoms with E-state index in [2.05, 4.69) is 17.2 Å². The van der Waals surface area contributed by atoms with Gasteiger partial charge in [-0.2, -0.15) is 0 Å². The summed E-state index contributed by atoms with van der Waals surface area (Å²) in [5.74, 6) is -0.287. The molecule has 1 unspecified atom stereocenters. The molecule has 0 saturated heterocycles. The first-order chi connectivity index (χ1) is 8.15. The summed E-state index contributed by atoms with van der Waals surface area (Å²) in [4.78, 5) is 4.10. The Morgan fingerprint density at radius 2 is 2.06 bits per heavy atom. The third-order valence-corrected chi connectivity index (χ3v) is 3.45. The Balaban J connectivity index is 1.88. The van der Waals surface area contributed by atoms with Crippen LogP contribution in [0.1, 0.15) is 44.3 Å². The minimum Gasteiger partial charge on any atom is -0.328 e. The van der Waals surface area contributed by atoms with Crippen molar-refractivity contribution in [2.45, 2.75) is 50.7 Å². The zero-order valence-electron chi connectivity index (χ0n) is 10.2. The SMILES string of the molecule is CC(NC1CCC(N)CC1)c1ccc(F)cn1. The number of pyridine rings is 1. The normalized spacial score (nSPS) is 26.8. The summed E-state index contributed by atoms with van der Waals surface area (Å²) in [6.45, 7) is 2.06. The van der Waals surface area contributed by atoms with Crippen LogP contribution in [0.4, 0.5) is 4.39 Å². The molecule has 3 N–H and O–H groups in total. The number of hydrogen-bond acceptors (Lipinski definition) is 3. The summed E-state index contributed by atoms with van der Waals surface area (Å²) in [5.41, 5.74) is 6.76. The van der Waals surface area contributed by atoms with Crippen LogP contribution in [0.2, 0.25) is 0 Å². The molecule has 0 aromatic carbocycles. The van der Waals surface area contributed by atoms with Gasteiger partial charge in [-0.1, -0.05) is 0 Å². The van der Waals surface area contributed by atoms with Crippen LogP contribution >= 0.6 is 0 Å². The summed E-state index contributed by atoms with van der Waals surface area (Å²) in [5, 5.41) is 3.53. The van der Waals surface area contributed by atoms with E-state index in [0.717, 1.165) is 31.4 Å². The second kappa shape index (κ2) is 5.56. The molecule has 1 heterocycles. The molecule has 0 amide bonds. The fraction of sp³-hybridized carbons (Fsp3) is 0.615. The third kappa shape index (κ3) is 3.48. The molecule has 0 bridgehead atoms. The number of aromatic nitrogens is 1. The first-order valence-electron chi connectivity index (χ1n) is 6.28. The average Bonchev–Trinajstić information content (AvgIpc) is 2.33. The third-order valence-electron chi connectivity index (χ3n) is 3.45. The Morgan fingerprint density at radius 3 is 2.65 bits per heavy atom. The van der Waals surface area contributed by atoms with Crippen molar-refractivity contribution >= 4 is 0 Å². The Morgan fingerprint density at radius 1 is 1.35 bits per heavy atom. The van der Waals surface area contributed by atoms with E-state index in [1.54, 1.807) is 6.07 Å². The molecule has 94 valence electrons. The van der Waals surface area contributed by atoms with Crippen molar-refractivity contribution in [1.29, 1.82) is 0 Å². The molecule has 1 aliphatic carbocycles. The number of nitrogens with zero attached hydrogens (tertiary/aromatic N) is 1. The van der Waals surface area contributed by atoms with E-state index >= 15 is 0 Å². The maximum absolute atomic E-state index is 12.8. The molecule has 0 radical (unpaired) electrons. The number of rotatable bonds is 3. The second-order valence-corrected chi connectivity index (χ2v) is 4.90. The molecule has 17 heavy (non-hydrogen) atoms. The van der Waals surface area contributed by atoms with Crippen LogP contribution in [0.25, 0.3) is 0 Å². The van der Waals surface area contributed by atoms with Crippen molar-refractivity contribution in [2.75, 3.05) is 0 Å². The predicted octanol–water partition coefficient (Wildman–Crippen LogP) is 2.14. The molecule has 1 aromatic heterocycles. The molecule has 3 nitrogen and oxygen atoms in total. The highest BCUT2D eigenvalue weighted by Gasteiger charge is 2.20. The molecule has 2 rings (SSSR count). The maximum atomic E-state index is 12.8. The molecule has 0 spiro atoms. The second-order valence-electron chi connectivity index (χ2n) is 4.90. The van der Waals surface area contributed by atoms with E-state index in [1.807, 2.05) is 0 Å². The lowest BCUT2D eigenvalue weighted by atomic mass is 9.91. The Hall–Kier alpha value is -1.00. The van der Waals surface area contributed by atoms with Gasteiger partial charge in [-0.05, 0) is 44.7 Å². The lowest BCUT2D eigenvalue weighted by Gasteiger charge is -2.29. The van der Waals surface area contributed by atoms with Crippen LogP contribution in [0.5, 0.6) is 0 Å². The zero-order chi connectivity index (χ0) is 12.3. The first-order valence-corrected chi connectivity index (χ1v) is 6.28. The van der Waals surface area contributed by atoms with Gasteiger partial charge in [0.15, 0.2) is 0 Å². The van der Waals surface area contributed by atoms with Crippen molar-refractivity contribution in [1.82, 2.24) is 10.3 Å². The Labute approximate surface area is 102 Å². The molecule has 1 aromatic rings. The molecule has 1 saturated carbocycles. The highest BCUT2D eigenvalue weighted by atomic mass is 19.1. The number of nitrogens with two attached hydrogens (primary N) is 1. The summed E-state index contributed by atoms with van der Waals surface area (Å²) in [7, 11) is 0. The van der Waals surface area contributed by atoms with Gasteiger partial charge in [0.1, 0.15) is 5.82 Å². The standard InChI is InChI=1S/C13H20FN3/c1-9(13-7-2-10(14)8-16-13)17-12-5-3-11(15)4-6-12/h2,7-9,11-12,17H,3-6,15H2,1H3. The van der Waals surface area contributed by atoms with Crippen LogP contribution in [-0.4, -0.2) is 17.1 Å². The lowest BCUT2D eigenvalue weighted by molar-refractivity contribution is 0.320. The van der Waals surface area contributed by atoms with Gasteiger partial charge in [-0.25, -0.2) is 4.39 Å². The minimum absolute atomic E-state index is 0.162. The highest BCUT2D eigenvalue weighted by molar-refractivity contribution is 5.09. The topological polar surface area (TPSA) is 50.9 Å². The smallest absolute Gasteiger partial charge is 0.141 e. The molecular weight excluding hydrogens is 217 g/mol. The van der Waals surface area contributed by atoms with Gasteiger partial charge < -0.3 is 11.1 Å². The Kier molecular flexibility index (Phi) is 4.07. The monoisotopic (exact) mass is 237 g/mol. The van der Waals surface area contributed by atoms with Gasteiger partial charge in [0, 0.05) is 18.1 Å². The summed E-state index contributed by atoms with van der Waals surface area (Å²) < 4.78 is 12.8. The molecule has 4 heteroatoms. The van der Waals surface area contributed by atoms with Crippen LogP contribution in [-0.2, 0) is 0 Å². The van der Waals surface area contributed by atoms with E-state index in [1.165, 1.54) is 12.3 Å². The lowest BCUT2D eigenvalue weighted by Crippen LogP contribution is -2.38. The van der Waals surface area contributed by atoms with Crippen molar-refractivity contribution in [3.8, 4) is 0 Å². The van der Waals surface area contributed by atoms with E-state index in [4.69, 9.17) is 5.73 Å². The summed E-state index contributed by atoms with van der Waals surface area (Å²) >= 11 is 0. The number of nitrogens with one attached hydrogen (secondary N) is 1. The summed E-state index contributed by atoms with van der Waals surface area (Å²) in [6.07, 6.45) is 5.67. The van der Waals surface area contributed by atoms with Crippen LogP contribution < -0.4 is 11.1 Å². The quantitative estimate of drug-likeness (QED) is 0.847. The van der Waals surface area contributed by atoms with Crippen molar-refractivity contribution < 1.29 is 4.39 Å². The number of hydrogen-bond donors (Lipinski definition) is 2. The first kappa shape index (κ1) is 12.5. The molecular formula is C13H20FN3. The molecule has 1 aliphatic rings. The van der Waals surface area contributed by atoms with Crippen molar-refractivity contribution in [3.05, 3.63) is 29.8 Å². The van der Waals surface area contributed by atoms with Crippen molar-refractivity contribution in [2.24, 2.45) is 5.73 Å². The molecule has 1 atom stereocenters. The van der Waals surface area contributed by atoms with Gasteiger partial charge in [0.25, 0.3) is 0 Å². The predicted molar refractivity (Wildman–Crippen MR) is 66.0 cm³/mol. The van der Waals surface area contributed by atoms with Crippen LogP contribution in [0.15, 0.2) is 18.3 Å². The van der Waals surface area contributed by atoms with E-state index in [0.29, 0.717) is 12.1 Å². The van der Waals surface area contributed by atoms with Gasteiger partial charge in [-0.3, -0.25) is 4.98 Å². The minimum atomic E-state index is -0.287. The highest BCUT2D eigenvalue weighted by Crippen LogP contribution is 2.20. The fourth-order valence-corrected chi connectivity index (χ4v) is 2.37. The van der Waals surface area contributed by atoms with Crippen molar-refractivity contribution in [3.63, 3.8) is 0 Å². The summed E-state index contributed by atoms with van der Waals surface area (Å²) in [6, 6.07) is 4.23. The van der Waals surface area contributed by atoms with E-state index < -0.39 is 0 Å². The van der Waals surface area contributed by atoms with Gasteiger partial charge >= 0.3 is 0 Å². The van der Waals surface area contributed by atoms with Gasteiger partial charge in [0.2, 0.25) is 0 Å². The van der Waals surface area contributed by atoms with Gasteiger partial charge in [-0.15, -0.1) is 0 Å². The largest absolute Gasteiger partial charge is 0.328 e. The van der Waals surface area contributed by atoms with Gasteiger partial charge in [0.05, 0.1) is 11.9 Å². The fourth-order valence-electron chi connectivity index (χ4n) is 2.37. The van der Waals surface area contributed by atoms with Crippen LogP contribution in [0.3, 0.4) is 0 Å². The zero-order valence-corrected chi connectivity index (χ0v) is 10.2. The average molecular weight is 237 g/mol. The van der Waals surface area contributed by atoms with E-state index in [-0.39, 0.29) is 11.9 Å². The number of halogens is 1. The van der Waals surface area contributed by atoms with E-state index in [9.17, 15) is 4.39 Å². The van der Waals surface area contributed by atoms with Crippen LogP contribution in [0, 0.1) is 5.82 Å². The molecule has 0 aliphatic heterocycles. The maximum Gasteiger partial charge on any atom is 0.141 e.